The molecule has 1 aromatic carbocycles. The number of likely N-dealkylation sites (tertiary alicyclic amines) is 1. The Bertz CT molecular complexity index is 583. The highest BCUT2D eigenvalue weighted by atomic mass is 16.6. The topological polar surface area (TPSA) is 59.0 Å². The molecule has 0 spiro atoms. The van der Waals surface area contributed by atoms with Gasteiger partial charge in [0.1, 0.15) is 17.0 Å². The van der Waals surface area contributed by atoms with Crippen molar-refractivity contribution in [3.63, 3.8) is 0 Å². The van der Waals surface area contributed by atoms with E-state index in [-0.39, 0.29) is 13.1 Å². The molecule has 1 fully saturated rings. The van der Waals surface area contributed by atoms with Crippen molar-refractivity contribution in [2.75, 3.05) is 20.2 Å². The van der Waals surface area contributed by atoms with Gasteiger partial charge in [-0.05, 0) is 45.7 Å². The van der Waals surface area contributed by atoms with Crippen molar-refractivity contribution in [1.29, 1.82) is 0 Å². The summed E-state index contributed by atoms with van der Waals surface area (Å²) >= 11 is 0. The van der Waals surface area contributed by atoms with Crippen molar-refractivity contribution >= 4 is 6.09 Å². The first-order valence-electron chi connectivity index (χ1n) is 7.42. The van der Waals surface area contributed by atoms with E-state index in [0.29, 0.717) is 5.75 Å². The predicted octanol–water partition coefficient (Wildman–Crippen LogP) is 2.75. The second-order valence-electron chi connectivity index (χ2n) is 6.96. The number of hydrogen-bond donors (Lipinski definition) is 1. The summed E-state index contributed by atoms with van der Waals surface area (Å²) in [5.74, 6) is 0.686. The molecule has 2 rings (SSSR count). The van der Waals surface area contributed by atoms with E-state index in [1.165, 1.54) is 4.90 Å². The Kier molecular flexibility index (Phi) is 4.13. The Morgan fingerprint density at radius 3 is 2.36 bits per heavy atom. The van der Waals surface area contributed by atoms with Gasteiger partial charge in [-0.25, -0.2) is 4.79 Å². The number of carbonyl (C=O) groups excluding carboxylic acids is 1. The van der Waals surface area contributed by atoms with Crippen molar-refractivity contribution in [2.45, 2.75) is 45.8 Å². The number of carbonyl (C=O) groups is 1. The molecule has 0 bridgehead atoms. The molecule has 0 unspecified atom stereocenters. The van der Waals surface area contributed by atoms with Gasteiger partial charge in [0.25, 0.3) is 0 Å². The number of nitrogens with zero attached hydrogens (tertiary/aromatic N) is 1. The quantitative estimate of drug-likeness (QED) is 0.912. The molecule has 0 saturated carbocycles. The van der Waals surface area contributed by atoms with Gasteiger partial charge >= 0.3 is 6.09 Å². The van der Waals surface area contributed by atoms with Crippen LogP contribution in [0.1, 0.15) is 37.5 Å². The first-order chi connectivity index (χ1) is 10.1. The molecule has 1 N–H and O–H groups in total. The van der Waals surface area contributed by atoms with Crippen LogP contribution in [-0.4, -0.2) is 41.9 Å². The zero-order chi connectivity index (χ0) is 16.7. The number of methoxy groups -OCH3 is 1. The molecule has 1 saturated heterocycles. The minimum Gasteiger partial charge on any atom is -0.496 e. The van der Waals surface area contributed by atoms with Gasteiger partial charge in [-0.1, -0.05) is 12.1 Å². The molecule has 1 aliphatic heterocycles. The highest BCUT2D eigenvalue weighted by molar-refractivity contribution is 5.70. The van der Waals surface area contributed by atoms with Crippen LogP contribution in [0.15, 0.2) is 12.1 Å². The molecule has 0 aliphatic carbocycles. The second kappa shape index (κ2) is 5.47. The predicted molar refractivity (Wildman–Crippen MR) is 84.2 cm³/mol. The Balaban J connectivity index is 2.16. The fourth-order valence-electron chi connectivity index (χ4n) is 2.63. The molecule has 5 heteroatoms. The van der Waals surface area contributed by atoms with Gasteiger partial charge in [-0.3, -0.25) is 0 Å². The maximum Gasteiger partial charge on any atom is 0.410 e. The lowest BCUT2D eigenvalue weighted by molar-refractivity contribution is -0.104. The van der Waals surface area contributed by atoms with Crippen LogP contribution in [0.3, 0.4) is 0 Å². The number of ether oxygens (including phenoxy) is 2. The average Bonchev–Trinajstić information content (AvgIpc) is 2.36. The number of aryl methyl sites for hydroxylation is 1. The van der Waals surface area contributed by atoms with Crippen LogP contribution in [0.4, 0.5) is 4.79 Å². The molecule has 5 nitrogen and oxygen atoms in total. The minimum absolute atomic E-state index is 0.209. The van der Waals surface area contributed by atoms with E-state index in [1.54, 1.807) is 7.11 Å². The molecule has 1 heterocycles. The van der Waals surface area contributed by atoms with Crippen molar-refractivity contribution in [1.82, 2.24) is 4.90 Å². The third-order valence-corrected chi connectivity index (χ3v) is 3.94. The van der Waals surface area contributed by atoms with Crippen molar-refractivity contribution in [3.8, 4) is 5.75 Å². The number of amides is 1. The lowest BCUT2D eigenvalue weighted by Gasteiger charge is -2.47. The Morgan fingerprint density at radius 2 is 1.86 bits per heavy atom. The number of benzene rings is 1. The summed E-state index contributed by atoms with van der Waals surface area (Å²) in [6.45, 7) is 9.85. The minimum atomic E-state index is -1.08. The van der Waals surface area contributed by atoms with Gasteiger partial charge < -0.3 is 19.5 Å². The highest BCUT2D eigenvalue weighted by Gasteiger charge is 2.48. The summed E-state index contributed by atoms with van der Waals surface area (Å²) in [6.07, 6.45) is -0.403. The maximum atomic E-state index is 12.0. The molecule has 1 aliphatic rings. The summed E-state index contributed by atoms with van der Waals surface area (Å²) in [5.41, 5.74) is 1.21. The van der Waals surface area contributed by atoms with Crippen LogP contribution in [0.2, 0.25) is 0 Å². The van der Waals surface area contributed by atoms with E-state index in [2.05, 4.69) is 0 Å². The number of β-amino-alcohol motifs (C(OH)–C–C–N with tert-alkyl or cyclic N) is 1. The van der Waals surface area contributed by atoms with Gasteiger partial charge in [-0.15, -0.1) is 0 Å². The number of rotatable bonds is 2. The third kappa shape index (κ3) is 3.04. The smallest absolute Gasteiger partial charge is 0.410 e. The first-order valence-corrected chi connectivity index (χ1v) is 7.42. The normalized spacial score (nSPS) is 17.0. The average molecular weight is 307 g/mol. The summed E-state index contributed by atoms with van der Waals surface area (Å²) in [6, 6.07) is 3.83. The van der Waals surface area contributed by atoms with E-state index >= 15 is 0 Å². The Labute approximate surface area is 131 Å². The molecular weight excluding hydrogens is 282 g/mol. The Hall–Kier alpha value is -1.75. The largest absolute Gasteiger partial charge is 0.496 e. The van der Waals surface area contributed by atoms with Crippen LogP contribution < -0.4 is 4.74 Å². The Morgan fingerprint density at radius 1 is 1.27 bits per heavy atom. The molecular formula is C17H25NO4. The molecule has 22 heavy (non-hydrogen) atoms. The van der Waals surface area contributed by atoms with Gasteiger partial charge in [0.15, 0.2) is 0 Å². The highest BCUT2D eigenvalue weighted by Crippen LogP contribution is 2.40. The third-order valence-electron chi connectivity index (χ3n) is 3.94. The summed E-state index contributed by atoms with van der Waals surface area (Å²) in [4.78, 5) is 13.5. The summed E-state index contributed by atoms with van der Waals surface area (Å²) < 4.78 is 10.8. The molecule has 122 valence electrons. The number of hydrogen-bond acceptors (Lipinski definition) is 4. The van der Waals surface area contributed by atoms with Crippen molar-refractivity contribution in [2.24, 2.45) is 0 Å². The standard InChI is InChI=1S/C17H25NO4/c1-11-7-8-13(14(21-6)12(11)2)17(20)9-18(10-17)15(19)22-16(3,4)5/h7-8,20H,9-10H2,1-6H3. The molecule has 0 aromatic heterocycles. The molecule has 0 radical (unpaired) electrons. The zero-order valence-corrected chi connectivity index (χ0v) is 14.2. The van der Waals surface area contributed by atoms with E-state index in [4.69, 9.17) is 9.47 Å². The zero-order valence-electron chi connectivity index (χ0n) is 14.2. The lowest BCUT2D eigenvalue weighted by Crippen LogP contribution is -2.62. The first kappa shape index (κ1) is 16.6. The van der Waals surface area contributed by atoms with Gasteiger partial charge in [0.05, 0.1) is 20.2 Å². The van der Waals surface area contributed by atoms with Crippen LogP contribution in [-0.2, 0) is 10.3 Å². The fourth-order valence-corrected chi connectivity index (χ4v) is 2.63. The van der Waals surface area contributed by atoms with E-state index in [9.17, 15) is 9.90 Å². The van der Waals surface area contributed by atoms with E-state index < -0.39 is 17.3 Å². The summed E-state index contributed by atoms with van der Waals surface area (Å²) in [7, 11) is 1.60. The van der Waals surface area contributed by atoms with Crippen LogP contribution >= 0.6 is 0 Å². The number of aliphatic hydroxyl groups is 1. The molecule has 0 atom stereocenters. The van der Waals surface area contributed by atoms with Crippen LogP contribution in [0.5, 0.6) is 5.75 Å². The lowest BCUT2D eigenvalue weighted by atomic mass is 9.84. The van der Waals surface area contributed by atoms with Crippen LogP contribution in [0, 0.1) is 13.8 Å². The fraction of sp³-hybridized carbons (Fsp3) is 0.588. The van der Waals surface area contributed by atoms with Gasteiger partial charge in [0.2, 0.25) is 0 Å². The SMILES string of the molecule is COc1c(C2(O)CN(C(=O)OC(C)(C)C)C2)ccc(C)c1C. The maximum absolute atomic E-state index is 12.0. The summed E-state index contributed by atoms with van der Waals surface area (Å²) in [5, 5.41) is 10.8. The van der Waals surface area contributed by atoms with E-state index in [1.807, 2.05) is 46.8 Å². The van der Waals surface area contributed by atoms with Crippen LogP contribution in [0.25, 0.3) is 0 Å². The van der Waals surface area contributed by atoms with Gasteiger partial charge in [-0.2, -0.15) is 0 Å². The second-order valence-corrected chi connectivity index (χ2v) is 6.96. The monoisotopic (exact) mass is 307 g/mol. The van der Waals surface area contributed by atoms with Gasteiger partial charge in [0, 0.05) is 5.56 Å². The van der Waals surface area contributed by atoms with E-state index in [0.717, 1.165) is 16.7 Å². The van der Waals surface area contributed by atoms with Crippen molar-refractivity contribution in [3.05, 3.63) is 28.8 Å². The molecule has 1 aromatic rings. The molecule has 1 amide bonds. The van der Waals surface area contributed by atoms with Crippen molar-refractivity contribution < 1.29 is 19.4 Å².